The number of aromatic nitrogens is 1. The molecule has 1 aliphatic carbocycles. The van der Waals surface area contributed by atoms with Crippen LogP contribution >= 0.6 is 0 Å². The largest absolute Gasteiger partial charge is 0.457 e. The molecule has 2 aromatic carbocycles. The van der Waals surface area contributed by atoms with Crippen LogP contribution in [0.3, 0.4) is 0 Å². The van der Waals surface area contributed by atoms with E-state index in [-0.39, 0.29) is 19.8 Å². The van der Waals surface area contributed by atoms with Crippen LogP contribution in [0.15, 0.2) is 73.0 Å². The average Bonchev–Trinajstić information content (AvgIpc) is 3.19. The molecule has 4 nitrogen and oxygen atoms in total. The highest BCUT2D eigenvalue weighted by atomic mass is 19.1. The molecule has 164 valence electrons. The smallest absolute Gasteiger partial charge is 0.251 e. The summed E-state index contributed by atoms with van der Waals surface area (Å²) in [4.78, 5) is 17.1. The number of amides is 1. The number of nitrogens with zero attached hydrogens (tertiary/aromatic N) is 1. The van der Waals surface area contributed by atoms with Crippen molar-refractivity contribution in [2.75, 3.05) is 0 Å². The van der Waals surface area contributed by atoms with Crippen molar-refractivity contribution >= 4 is 11.5 Å². The molecule has 0 saturated carbocycles. The maximum Gasteiger partial charge on any atom is 0.251 e. The predicted octanol–water partition coefficient (Wildman–Crippen LogP) is 6.23. The first kappa shape index (κ1) is 21.4. The molecule has 0 fully saturated rings. The minimum atomic E-state index is -0.684. The molecule has 3 aromatic rings. The number of pyridine rings is 1. The second kappa shape index (κ2) is 9.14. The Morgan fingerprint density at radius 2 is 1.94 bits per heavy atom. The van der Waals surface area contributed by atoms with E-state index in [1.165, 1.54) is 12.1 Å². The third kappa shape index (κ3) is 4.75. The number of allylic oxidation sites excluding steroid dienone is 4. The highest BCUT2D eigenvalue weighted by Crippen LogP contribution is 2.32. The lowest BCUT2D eigenvalue weighted by molar-refractivity contribution is 0.0950. The normalized spacial score (nSPS) is 14.9. The van der Waals surface area contributed by atoms with Gasteiger partial charge in [0.05, 0.1) is 5.69 Å². The Labute approximate surface area is 186 Å². The Balaban J connectivity index is 0.00000306. The van der Waals surface area contributed by atoms with Crippen LogP contribution in [0.2, 0.25) is 0 Å². The summed E-state index contributed by atoms with van der Waals surface area (Å²) >= 11 is 0. The Morgan fingerprint density at radius 1 is 1.16 bits per heavy atom. The maximum atomic E-state index is 13.4. The van der Waals surface area contributed by atoms with Crippen LogP contribution in [0, 0.1) is 24.5 Å². The highest BCUT2D eigenvalue weighted by Gasteiger charge is 2.16. The van der Waals surface area contributed by atoms with Gasteiger partial charge in [-0.25, -0.2) is 8.78 Å². The summed E-state index contributed by atoms with van der Waals surface area (Å²) in [6, 6.07) is 12.0. The number of hydrogen-bond donors (Lipinski definition) is 1. The molecule has 4 rings (SSSR count). The number of hydrogen-bond acceptors (Lipinski definition) is 3. The van der Waals surface area contributed by atoms with Crippen molar-refractivity contribution in [3.63, 3.8) is 0 Å². The van der Waals surface area contributed by atoms with Gasteiger partial charge in [-0.2, -0.15) is 0 Å². The van der Waals surface area contributed by atoms with E-state index in [0.29, 0.717) is 28.2 Å². The molecule has 32 heavy (non-hydrogen) atoms. The first-order valence-corrected chi connectivity index (χ1v) is 10.3. The van der Waals surface area contributed by atoms with Gasteiger partial charge >= 0.3 is 0 Å². The Bertz CT molecular complexity index is 1220. The van der Waals surface area contributed by atoms with Gasteiger partial charge in [0.15, 0.2) is 0 Å². The van der Waals surface area contributed by atoms with Crippen molar-refractivity contribution in [1.29, 1.82) is 0 Å². The van der Waals surface area contributed by atoms with Gasteiger partial charge in [0.25, 0.3) is 5.91 Å². The zero-order valence-electron chi connectivity index (χ0n) is 17.7. The second-order valence-electron chi connectivity index (χ2n) is 7.66. The third-order valence-electron chi connectivity index (χ3n) is 5.33. The van der Waals surface area contributed by atoms with Gasteiger partial charge in [0.2, 0.25) is 0 Å². The monoisotopic (exact) mass is 434 g/mol. The fraction of sp³-hybridized carbons (Fsp3) is 0.154. The van der Waals surface area contributed by atoms with E-state index < -0.39 is 11.6 Å². The molecule has 0 saturated heterocycles. The summed E-state index contributed by atoms with van der Waals surface area (Å²) in [6.45, 7) is 3.90. The minimum absolute atomic E-state index is 0. The fourth-order valence-electron chi connectivity index (χ4n) is 3.62. The molecule has 0 radical (unpaired) electrons. The zero-order valence-corrected chi connectivity index (χ0v) is 17.7. The predicted molar refractivity (Wildman–Crippen MR) is 121 cm³/mol. The van der Waals surface area contributed by atoms with Gasteiger partial charge in [0.1, 0.15) is 23.1 Å². The van der Waals surface area contributed by atoms with E-state index in [0.717, 1.165) is 17.3 Å². The summed E-state index contributed by atoms with van der Waals surface area (Å²) in [5.74, 6) is -0.279. The van der Waals surface area contributed by atoms with E-state index in [1.807, 2.05) is 18.2 Å². The van der Waals surface area contributed by atoms with Crippen molar-refractivity contribution in [1.82, 2.24) is 10.3 Å². The number of halogens is 2. The van der Waals surface area contributed by atoms with Crippen LogP contribution in [-0.4, -0.2) is 10.9 Å². The average molecular weight is 434 g/mol. The minimum Gasteiger partial charge on any atom is -0.457 e. The van der Waals surface area contributed by atoms with Crippen LogP contribution in [0.1, 0.15) is 35.5 Å². The molecular weight excluding hydrogens is 410 g/mol. The molecule has 1 N–H and O–H groups in total. The standard InChI is InChI=1S/C26H22F2N2O2.H2/c1-16-5-3-6-22(16)24-14-21(9-10-29-24)32-25-8-4-7-23(17(25)2)26(31)30-15-18-11-19(27)13-20(28)12-18;/h3-14,16H,15H2,1-2H3,(H,30,31);1H. The highest BCUT2D eigenvalue weighted by molar-refractivity contribution is 5.96. The quantitative estimate of drug-likeness (QED) is 0.501. The lowest BCUT2D eigenvalue weighted by Gasteiger charge is -2.14. The summed E-state index contributed by atoms with van der Waals surface area (Å²) in [5, 5.41) is 2.70. The lowest BCUT2D eigenvalue weighted by atomic mass is 10.0. The van der Waals surface area contributed by atoms with Gasteiger partial charge < -0.3 is 10.1 Å². The van der Waals surface area contributed by atoms with Crippen molar-refractivity contribution in [3.8, 4) is 11.5 Å². The number of carbonyl (C=O) groups excluding carboxylic acids is 1. The zero-order chi connectivity index (χ0) is 22.7. The maximum absolute atomic E-state index is 13.4. The molecule has 1 atom stereocenters. The Kier molecular flexibility index (Phi) is 6.12. The SMILES string of the molecule is Cc1c(Oc2ccnc(C3=CC=CC3C)c2)cccc1C(=O)NCc1cc(F)cc(F)c1.[HH]. The van der Waals surface area contributed by atoms with Crippen molar-refractivity contribution in [2.24, 2.45) is 5.92 Å². The van der Waals surface area contributed by atoms with Crippen LogP contribution in [0.4, 0.5) is 8.78 Å². The van der Waals surface area contributed by atoms with E-state index in [2.05, 4.69) is 23.3 Å². The Hall–Kier alpha value is -3.80. The van der Waals surface area contributed by atoms with Crippen molar-refractivity contribution in [2.45, 2.75) is 20.4 Å². The molecular formula is C26H24F2N2O2. The van der Waals surface area contributed by atoms with Crippen LogP contribution in [0.5, 0.6) is 11.5 Å². The topological polar surface area (TPSA) is 51.2 Å². The number of carbonyl (C=O) groups is 1. The van der Waals surface area contributed by atoms with Crippen molar-refractivity contribution < 1.29 is 19.7 Å². The van der Waals surface area contributed by atoms with Crippen LogP contribution < -0.4 is 10.1 Å². The van der Waals surface area contributed by atoms with E-state index in [1.54, 1.807) is 37.4 Å². The molecule has 0 aliphatic heterocycles. The first-order chi connectivity index (χ1) is 15.4. The van der Waals surface area contributed by atoms with Gasteiger partial charge in [-0.1, -0.05) is 31.2 Å². The van der Waals surface area contributed by atoms with Gasteiger partial charge in [-0.05, 0) is 48.4 Å². The fourth-order valence-corrected chi connectivity index (χ4v) is 3.62. The van der Waals surface area contributed by atoms with E-state index >= 15 is 0 Å². The summed E-state index contributed by atoms with van der Waals surface area (Å²) < 4.78 is 32.8. The first-order valence-electron chi connectivity index (χ1n) is 10.3. The van der Waals surface area contributed by atoms with Crippen molar-refractivity contribution in [3.05, 3.63) is 107 Å². The van der Waals surface area contributed by atoms with Crippen LogP contribution in [0.25, 0.3) is 5.57 Å². The van der Waals surface area contributed by atoms with E-state index in [9.17, 15) is 13.6 Å². The molecule has 6 heteroatoms. The summed E-state index contributed by atoms with van der Waals surface area (Å²) in [5.41, 5.74) is 3.38. The molecule has 1 aromatic heterocycles. The number of nitrogens with one attached hydrogen (secondary N) is 1. The van der Waals surface area contributed by atoms with E-state index in [4.69, 9.17) is 4.74 Å². The Morgan fingerprint density at radius 3 is 2.66 bits per heavy atom. The van der Waals surface area contributed by atoms with Gasteiger partial charge in [-0.15, -0.1) is 0 Å². The van der Waals surface area contributed by atoms with Gasteiger partial charge in [0, 0.05) is 43.3 Å². The summed E-state index contributed by atoms with van der Waals surface area (Å²) in [6.07, 6.45) is 7.85. The molecule has 1 unspecified atom stereocenters. The second-order valence-corrected chi connectivity index (χ2v) is 7.66. The van der Waals surface area contributed by atoms with Gasteiger partial charge in [-0.3, -0.25) is 9.78 Å². The summed E-state index contributed by atoms with van der Waals surface area (Å²) in [7, 11) is 0. The molecule has 0 spiro atoms. The third-order valence-corrected chi connectivity index (χ3v) is 5.33. The molecule has 1 heterocycles. The number of rotatable bonds is 6. The number of ether oxygens (including phenoxy) is 1. The molecule has 0 bridgehead atoms. The lowest BCUT2D eigenvalue weighted by Crippen LogP contribution is -2.23. The molecule has 1 aliphatic rings. The molecule has 1 amide bonds. The van der Waals surface area contributed by atoms with Crippen LogP contribution in [-0.2, 0) is 6.54 Å². The number of benzene rings is 2.